The van der Waals surface area contributed by atoms with E-state index in [1.807, 2.05) is 24.3 Å². The molecule has 3 rings (SSSR count). The highest BCUT2D eigenvalue weighted by atomic mass is 32.1. The van der Waals surface area contributed by atoms with Crippen LogP contribution in [-0.2, 0) is 28.6 Å². The number of carbonyl (C=O) groups excluding carboxylic acids is 1. The summed E-state index contributed by atoms with van der Waals surface area (Å²) in [5.41, 5.74) is 1.23. The quantitative estimate of drug-likeness (QED) is 0.450. The van der Waals surface area contributed by atoms with E-state index >= 15 is 0 Å². The van der Waals surface area contributed by atoms with E-state index in [4.69, 9.17) is 21.7 Å². The highest BCUT2D eigenvalue weighted by molar-refractivity contribution is 7.71. The van der Waals surface area contributed by atoms with Crippen LogP contribution in [0.5, 0.6) is 5.75 Å². The average molecular weight is 481 g/mol. The first-order valence-corrected chi connectivity index (χ1v) is 11.1. The molecule has 0 bridgehead atoms. The largest absolute Gasteiger partial charge is 0.486 e. The minimum absolute atomic E-state index is 0.0377. The van der Waals surface area contributed by atoms with Gasteiger partial charge in [0.05, 0.1) is 6.61 Å². The van der Waals surface area contributed by atoms with Gasteiger partial charge in [-0.3, -0.25) is 4.79 Å². The van der Waals surface area contributed by atoms with E-state index in [0.29, 0.717) is 11.6 Å². The first-order chi connectivity index (χ1) is 15.4. The molecule has 10 nitrogen and oxygen atoms in total. The van der Waals surface area contributed by atoms with E-state index in [0.717, 1.165) is 0 Å². The van der Waals surface area contributed by atoms with Gasteiger partial charge in [-0.15, -0.1) is 0 Å². The predicted molar refractivity (Wildman–Crippen MR) is 122 cm³/mol. The van der Waals surface area contributed by atoms with Crippen LogP contribution in [0.3, 0.4) is 0 Å². The van der Waals surface area contributed by atoms with Gasteiger partial charge in [-0.25, -0.2) is 4.68 Å². The number of benzene rings is 1. The normalized spacial score (nSPS) is 25.6. The zero-order valence-corrected chi connectivity index (χ0v) is 20.2. The Morgan fingerprint density at radius 1 is 1.24 bits per heavy atom. The number of aliphatic hydroxyl groups is 3. The molecule has 0 unspecified atom stereocenters. The lowest BCUT2D eigenvalue weighted by Crippen LogP contribution is -2.62. The van der Waals surface area contributed by atoms with Crippen molar-refractivity contribution in [2.75, 3.05) is 6.61 Å². The number of carbonyl (C=O) groups is 1. The van der Waals surface area contributed by atoms with Crippen molar-refractivity contribution in [1.82, 2.24) is 19.7 Å². The molecular formula is C22H32N4O6S. The van der Waals surface area contributed by atoms with Gasteiger partial charge in [-0.1, -0.05) is 32.9 Å². The summed E-state index contributed by atoms with van der Waals surface area (Å²) in [6, 6.07) is 6.80. The van der Waals surface area contributed by atoms with Gasteiger partial charge in [0.1, 0.15) is 36.7 Å². The van der Waals surface area contributed by atoms with Crippen LogP contribution in [0.2, 0.25) is 0 Å². The van der Waals surface area contributed by atoms with E-state index < -0.39 is 43.1 Å². The molecule has 1 aromatic carbocycles. The molecule has 2 aromatic rings. The monoisotopic (exact) mass is 480 g/mol. The van der Waals surface area contributed by atoms with Gasteiger partial charge < -0.3 is 34.7 Å². The summed E-state index contributed by atoms with van der Waals surface area (Å²) < 4.78 is 14.9. The predicted octanol–water partition coefficient (Wildman–Crippen LogP) is 0.944. The maximum Gasteiger partial charge on any atom is 0.217 e. The minimum atomic E-state index is -1.39. The number of amides is 1. The maximum atomic E-state index is 11.7. The zero-order chi connectivity index (χ0) is 24.5. The molecule has 0 aliphatic carbocycles. The van der Waals surface area contributed by atoms with Crippen LogP contribution >= 0.6 is 12.2 Å². The van der Waals surface area contributed by atoms with Crippen LogP contribution in [0.1, 0.15) is 45.3 Å². The first-order valence-electron chi connectivity index (χ1n) is 10.7. The molecule has 1 amide bonds. The van der Waals surface area contributed by atoms with Crippen molar-refractivity contribution in [3.05, 3.63) is 40.4 Å². The second-order valence-corrected chi connectivity index (χ2v) is 9.59. The molecule has 1 fully saturated rings. The third-order valence-corrected chi connectivity index (χ3v) is 6.15. The van der Waals surface area contributed by atoms with Gasteiger partial charge in [0, 0.05) is 14.0 Å². The Balaban J connectivity index is 1.84. The number of nitrogens with one attached hydrogen (secondary N) is 1. The Morgan fingerprint density at radius 3 is 2.42 bits per heavy atom. The molecular weight excluding hydrogens is 448 g/mol. The summed E-state index contributed by atoms with van der Waals surface area (Å²) in [6.45, 7) is 7.30. The third kappa shape index (κ3) is 5.44. The number of hydrogen-bond acceptors (Lipinski definition) is 8. The molecule has 0 radical (unpaired) electrons. The molecule has 5 atom stereocenters. The highest BCUT2D eigenvalue weighted by Crippen LogP contribution is 2.29. The fourth-order valence-corrected chi connectivity index (χ4v) is 3.94. The van der Waals surface area contributed by atoms with Gasteiger partial charge in [-0.2, -0.15) is 5.10 Å². The van der Waals surface area contributed by atoms with Crippen LogP contribution in [0.4, 0.5) is 0 Å². The summed E-state index contributed by atoms with van der Waals surface area (Å²) in [5.74, 6) is 0.741. The van der Waals surface area contributed by atoms with E-state index in [-0.39, 0.29) is 16.8 Å². The number of hydrogen-bond donors (Lipinski definition) is 4. The summed E-state index contributed by atoms with van der Waals surface area (Å²) in [6.07, 6.45) is -4.89. The van der Waals surface area contributed by atoms with Gasteiger partial charge in [0.15, 0.2) is 16.8 Å². The van der Waals surface area contributed by atoms with Crippen LogP contribution in [-0.4, -0.2) is 66.5 Å². The lowest BCUT2D eigenvalue weighted by molar-refractivity contribution is -0.219. The molecule has 1 aliphatic rings. The number of rotatable bonds is 6. The SMILES string of the molecule is CC(=O)N[C@@H]1[C@@H](O)[C@H](O)[C@@H](CO)O[C@H]1n1nc(COc2ccc(C(C)(C)C)cc2)n(C)c1=S. The lowest BCUT2D eigenvalue weighted by Gasteiger charge is -2.42. The fraction of sp³-hybridized carbons (Fsp3) is 0.591. The van der Waals surface area contributed by atoms with Gasteiger partial charge in [0.25, 0.3) is 0 Å². The van der Waals surface area contributed by atoms with Crippen LogP contribution in [0, 0.1) is 4.77 Å². The molecule has 182 valence electrons. The molecule has 1 saturated heterocycles. The maximum absolute atomic E-state index is 11.7. The van der Waals surface area contributed by atoms with E-state index in [1.165, 1.54) is 17.2 Å². The number of nitrogens with zero attached hydrogens (tertiary/aromatic N) is 3. The third-order valence-electron chi connectivity index (χ3n) is 5.69. The number of ether oxygens (including phenoxy) is 2. The van der Waals surface area contributed by atoms with Crippen LogP contribution < -0.4 is 10.1 Å². The van der Waals surface area contributed by atoms with E-state index in [9.17, 15) is 20.1 Å². The minimum Gasteiger partial charge on any atom is -0.486 e. The summed E-state index contributed by atoms with van der Waals surface area (Å²) in [7, 11) is 1.72. The lowest BCUT2D eigenvalue weighted by atomic mass is 9.87. The second kappa shape index (κ2) is 9.90. The molecule has 4 N–H and O–H groups in total. The molecule has 1 aliphatic heterocycles. The smallest absolute Gasteiger partial charge is 0.217 e. The molecule has 0 saturated carbocycles. The Hall–Kier alpha value is -2.31. The van der Waals surface area contributed by atoms with Crippen molar-refractivity contribution in [2.45, 2.75) is 70.3 Å². The highest BCUT2D eigenvalue weighted by Gasteiger charge is 2.46. The Labute approximate surface area is 197 Å². The van der Waals surface area contributed by atoms with Gasteiger partial charge >= 0.3 is 0 Å². The van der Waals surface area contributed by atoms with E-state index in [1.54, 1.807) is 11.6 Å². The standard InChI is InChI=1S/C22H32N4O6S/c1-12(28)23-17-19(30)18(29)15(10-27)32-20(17)26-21(33)25(5)16(24-26)11-31-14-8-6-13(7-9-14)22(2,3)4/h6-9,15,17-20,27,29-30H,10-11H2,1-5H3,(H,23,28)/t15-,17-,18-,19-,20-/m1/s1. The number of aromatic nitrogens is 3. The summed E-state index contributed by atoms with van der Waals surface area (Å²) in [4.78, 5) is 11.7. The van der Waals surface area contributed by atoms with Crippen molar-refractivity contribution in [2.24, 2.45) is 7.05 Å². The average Bonchev–Trinajstić information content (AvgIpc) is 3.03. The van der Waals surface area contributed by atoms with E-state index in [2.05, 4.69) is 31.2 Å². The van der Waals surface area contributed by atoms with Crippen molar-refractivity contribution in [3.8, 4) is 5.75 Å². The molecule has 11 heteroatoms. The van der Waals surface area contributed by atoms with Crippen molar-refractivity contribution in [3.63, 3.8) is 0 Å². The number of aliphatic hydroxyl groups excluding tert-OH is 3. The van der Waals surface area contributed by atoms with Crippen molar-refractivity contribution in [1.29, 1.82) is 0 Å². The van der Waals surface area contributed by atoms with Crippen LogP contribution in [0.25, 0.3) is 0 Å². The molecule has 1 aromatic heterocycles. The van der Waals surface area contributed by atoms with Crippen LogP contribution in [0.15, 0.2) is 24.3 Å². The Bertz CT molecular complexity index is 1030. The summed E-state index contributed by atoms with van der Waals surface area (Å²) >= 11 is 5.50. The second-order valence-electron chi connectivity index (χ2n) is 9.22. The summed E-state index contributed by atoms with van der Waals surface area (Å²) in [5, 5.41) is 37.4. The van der Waals surface area contributed by atoms with Gasteiger partial charge in [-0.05, 0) is 35.3 Å². The first kappa shape index (κ1) is 25.3. The van der Waals surface area contributed by atoms with Gasteiger partial charge in [0.2, 0.25) is 5.91 Å². The molecule has 2 heterocycles. The van der Waals surface area contributed by atoms with Crippen molar-refractivity contribution >= 4 is 18.1 Å². The Kier molecular flexibility index (Phi) is 7.59. The fourth-order valence-electron chi connectivity index (χ4n) is 3.69. The molecule has 33 heavy (non-hydrogen) atoms. The van der Waals surface area contributed by atoms with Crippen molar-refractivity contribution < 1.29 is 29.6 Å². The Morgan fingerprint density at radius 2 is 1.88 bits per heavy atom. The topological polar surface area (TPSA) is 131 Å². The molecule has 0 spiro atoms. The zero-order valence-electron chi connectivity index (χ0n) is 19.4.